The highest BCUT2D eigenvalue weighted by atomic mass is 35.5. The third kappa shape index (κ3) is 5.42. The second-order valence-corrected chi connectivity index (χ2v) is 4.74. The van der Waals surface area contributed by atoms with Gasteiger partial charge >= 0.3 is 11.9 Å². The predicted molar refractivity (Wildman–Crippen MR) is 70.9 cm³/mol. The number of carbonyl (C=O) groups is 4. The number of ether oxygens (including phenoxy) is 2. The smallest absolute Gasteiger partial charge is 0.336 e. The van der Waals surface area contributed by atoms with Crippen LogP contribution in [0.3, 0.4) is 0 Å². The Kier molecular flexibility index (Phi) is 6.16. The summed E-state index contributed by atoms with van der Waals surface area (Å²) in [5.74, 6) is -1.76. The lowest BCUT2D eigenvalue weighted by atomic mass is 10.1. The average molecular weight is 319 g/mol. The van der Waals surface area contributed by atoms with Crippen LogP contribution in [-0.2, 0) is 28.7 Å². The number of nitrogens with zero attached hydrogens (tertiary/aromatic N) is 1. The molecule has 0 aromatic heterocycles. The van der Waals surface area contributed by atoms with E-state index in [0.29, 0.717) is 0 Å². The Bertz CT molecular complexity index is 502. The summed E-state index contributed by atoms with van der Waals surface area (Å²) < 4.78 is 9.46. The van der Waals surface area contributed by atoms with Crippen molar-refractivity contribution in [2.24, 2.45) is 5.73 Å². The van der Waals surface area contributed by atoms with Gasteiger partial charge in [-0.2, -0.15) is 0 Å². The number of amides is 1. The largest absolute Gasteiger partial charge is 0.462 e. The molecule has 0 aromatic carbocycles. The van der Waals surface area contributed by atoms with E-state index >= 15 is 0 Å². The van der Waals surface area contributed by atoms with Crippen LogP contribution in [0.25, 0.3) is 0 Å². The summed E-state index contributed by atoms with van der Waals surface area (Å²) in [7, 11) is 1.58. The fourth-order valence-corrected chi connectivity index (χ4v) is 1.69. The number of hydrogen-bond donors (Lipinski definition) is 1. The van der Waals surface area contributed by atoms with Crippen molar-refractivity contribution in [3.63, 3.8) is 0 Å². The molecule has 1 aliphatic heterocycles. The lowest BCUT2D eigenvalue weighted by Gasteiger charge is -2.24. The van der Waals surface area contributed by atoms with Crippen molar-refractivity contribution in [2.45, 2.75) is 12.8 Å². The minimum absolute atomic E-state index is 0.111. The Morgan fingerprint density at radius 3 is 2.52 bits per heavy atom. The van der Waals surface area contributed by atoms with Gasteiger partial charge in [-0.3, -0.25) is 14.4 Å². The van der Waals surface area contributed by atoms with Crippen molar-refractivity contribution >= 4 is 34.7 Å². The van der Waals surface area contributed by atoms with Gasteiger partial charge in [-0.1, -0.05) is 0 Å². The third-order valence-electron chi connectivity index (χ3n) is 2.66. The summed E-state index contributed by atoms with van der Waals surface area (Å²) in [6.07, 6.45) is -0.670. The molecule has 0 unspecified atom stereocenters. The fourth-order valence-electron chi connectivity index (χ4n) is 1.58. The standard InChI is InChI=1S/C12H15ClN2O6/c1-15-6-8(14)7(4-10(15)17)12(19)21-3-2-20-11(18)5-9(13)16/h2-6,14H2,1H3. The maximum absolute atomic E-state index is 11.7. The van der Waals surface area contributed by atoms with E-state index in [0.717, 1.165) is 0 Å². The Morgan fingerprint density at radius 2 is 1.90 bits per heavy atom. The van der Waals surface area contributed by atoms with Crippen molar-refractivity contribution < 1.29 is 28.7 Å². The van der Waals surface area contributed by atoms with Crippen molar-refractivity contribution in [2.75, 3.05) is 26.8 Å². The molecule has 1 rings (SSSR count). The number of halogens is 1. The van der Waals surface area contributed by atoms with E-state index < -0.39 is 23.6 Å². The molecule has 0 aliphatic carbocycles. The van der Waals surface area contributed by atoms with Crippen LogP contribution in [-0.4, -0.2) is 54.8 Å². The highest BCUT2D eigenvalue weighted by Gasteiger charge is 2.26. The molecule has 0 saturated heterocycles. The molecular formula is C12H15ClN2O6. The molecule has 0 saturated carbocycles. The molecule has 1 heterocycles. The zero-order valence-corrected chi connectivity index (χ0v) is 12.1. The first-order chi connectivity index (χ1) is 9.81. The van der Waals surface area contributed by atoms with E-state index in [1.165, 1.54) is 4.90 Å². The van der Waals surface area contributed by atoms with E-state index in [1.54, 1.807) is 7.05 Å². The maximum Gasteiger partial charge on any atom is 0.336 e. The van der Waals surface area contributed by atoms with Crippen LogP contribution in [0.1, 0.15) is 12.8 Å². The van der Waals surface area contributed by atoms with Crippen LogP contribution < -0.4 is 5.73 Å². The molecule has 0 atom stereocenters. The zero-order chi connectivity index (χ0) is 16.0. The van der Waals surface area contributed by atoms with E-state index in [2.05, 4.69) is 4.74 Å². The lowest BCUT2D eigenvalue weighted by molar-refractivity contribution is -0.151. The highest BCUT2D eigenvalue weighted by Crippen LogP contribution is 2.16. The predicted octanol–water partition coefficient (Wildman–Crippen LogP) is -0.697. The quantitative estimate of drug-likeness (QED) is 0.298. The summed E-state index contributed by atoms with van der Waals surface area (Å²) in [5, 5.41) is -0.834. The molecule has 0 aromatic rings. The highest BCUT2D eigenvalue weighted by molar-refractivity contribution is 6.64. The van der Waals surface area contributed by atoms with E-state index in [1.807, 2.05) is 0 Å². The van der Waals surface area contributed by atoms with Gasteiger partial charge in [0.05, 0.1) is 18.5 Å². The topological polar surface area (TPSA) is 116 Å². The SMILES string of the molecule is CN1CC(N)=C(C(=O)OCCOC(=O)CC(=O)Cl)CC1=O. The van der Waals surface area contributed by atoms with Gasteiger partial charge in [0.15, 0.2) is 0 Å². The molecule has 0 spiro atoms. The number of hydrogen-bond acceptors (Lipinski definition) is 7. The Morgan fingerprint density at radius 1 is 1.29 bits per heavy atom. The van der Waals surface area contributed by atoms with Crippen molar-refractivity contribution in [3.8, 4) is 0 Å². The van der Waals surface area contributed by atoms with E-state index in [4.69, 9.17) is 22.1 Å². The van der Waals surface area contributed by atoms with Gasteiger partial charge in [0.25, 0.3) is 0 Å². The summed E-state index contributed by atoms with van der Waals surface area (Å²) in [4.78, 5) is 46.0. The van der Waals surface area contributed by atoms with Gasteiger partial charge in [0.1, 0.15) is 19.6 Å². The molecule has 0 radical (unpaired) electrons. The zero-order valence-electron chi connectivity index (χ0n) is 11.4. The number of carbonyl (C=O) groups excluding carboxylic acids is 4. The molecule has 9 heteroatoms. The Hall–Kier alpha value is -2.09. The number of likely N-dealkylation sites (N-methyl/N-ethyl adjacent to an activating group) is 1. The van der Waals surface area contributed by atoms with Crippen LogP contribution in [0.2, 0.25) is 0 Å². The second-order valence-electron chi connectivity index (χ2n) is 4.32. The molecule has 0 fully saturated rings. The second kappa shape index (κ2) is 7.63. The van der Waals surface area contributed by atoms with Gasteiger partial charge in [0.2, 0.25) is 11.1 Å². The van der Waals surface area contributed by atoms with Gasteiger partial charge in [0, 0.05) is 12.7 Å². The van der Waals surface area contributed by atoms with Crippen LogP contribution in [0.5, 0.6) is 0 Å². The molecule has 21 heavy (non-hydrogen) atoms. The van der Waals surface area contributed by atoms with Crippen LogP contribution >= 0.6 is 11.6 Å². The molecule has 0 bridgehead atoms. The molecular weight excluding hydrogens is 304 g/mol. The molecule has 8 nitrogen and oxygen atoms in total. The van der Waals surface area contributed by atoms with E-state index in [9.17, 15) is 19.2 Å². The number of nitrogens with two attached hydrogens (primary N) is 1. The minimum atomic E-state index is -0.834. The maximum atomic E-state index is 11.7. The van der Waals surface area contributed by atoms with Gasteiger partial charge < -0.3 is 20.1 Å². The number of rotatable bonds is 6. The Labute approximate surface area is 125 Å². The van der Waals surface area contributed by atoms with Crippen molar-refractivity contribution in [1.29, 1.82) is 0 Å². The van der Waals surface area contributed by atoms with Crippen LogP contribution in [0.4, 0.5) is 0 Å². The number of esters is 2. The van der Waals surface area contributed by atoms with Crippen molar-refractivity contribution in [3.05, 3.63) is 11.3 Å². The van der Waals surface area contributed by atoms with Crippen LogP contribution in [0, 0.1) is 0 Å². The summed E-state index contributed by atoms with van der Waals surface area (Å²) in [6, 6.07) is 0. The molecule has 116 valence electrons. The summed E-state index contributed by atoms with van der Waals surface area (Å²) in [6.45, 7) is -0.256. The lowest BCUT2D eigenvalue weighted by Crippen LogP contribution is -2.38. The van der Waals surface area contributed by atoms with Gasteiger partial charge in [-0.05, 0) is 11.6 Å². The Balaban J connectivity index is 2.37. The average Bonchev–Trinajstić information content (AvgIpc) is 2.38. The minimum Gasteiger partial charge on any atom is -0.462 e. The first-order valence-electron chi connectivity index (χ1n) is 6.03. The van der Waals surface area contributed by atoms with E-state index in [-0.39, 0.29) is 43.4 Å². The third-order valence-corrected chi connectivity index (χ3v) is 2.79. The first kappa shape index (κ1) is 17.0. The normalized spacial score (nSPS) is 15.0. The van der Waals surface area contributed by atoms with Gasteiger partial charge in [-0.25, -0.2) is 4.79 Å². The molecule has 2 N–H and O–H groups in total. The first-order valence-corrected chi connectivity index (χ1v) is 6.41. The summed E-state index contributed by atoms with van der Waals surface area (Å²) in [5.41, 5.74) is 6.07. The van der Waals surface area contributed by atoms with Crippen molar-refractivity contribution in [1.82, 2.24) is 4.90 Å². The monoisotopic (exact) mass is 318 g/mol. The van der Waals surface area contributed by atoms with Crippen LogP contribution in [0.15, 0.2) is 11.3 Å². The molecule has 1 amide bonds. The summed E-state index contributed by atoms with van der Waals surface area (Å²) >= 11 is 5.00. The fraction of sp³-hybridized carbons (Fsp3) is 0.500. The molecule has 1 aliphatic rings. The van der Waals surface area contributed by atoms with Gasteiger partial charge in [-0.15, -0.1) is 0 Å².